The van der Waals surface area contributed by atoms with Gasteiger partial charge in [-0.05, 0) is 57.6 Å². The van der Waals surface area contributed by atoms with Crippen molar-refractivity contribution < 1.29 is 9.66 Å². The van der Waals surface area contributed by atoms with Crippen LogP contribution in [0, 0.1) is 17.0 Å². The van der Waals surface area contributed by atoms with Gasteiger partial charge in [0.15, 0.2) is 0 Å². The third-order valence-electron chi connectivity index (χ3n) is 5.16. The van der Waals surface area contributed by atoms with Crippen molar-refractivity contribution in [2.45, 2.75) is 25.8 Å². The summed E-state index contributed by atoms with van der Waals surface area (Å²) in [6.07, 6.45) is 3.23. The first-order valence-corrected chi connectivity index (χ1v) is 9.23. The maximum absolute atomic E-state index is 11.9. The summed E-state index contributed by atoms with van der Waals surface area (Å²) in [7, 11) is 5.51. The Bertz CT molecular complexity index is 852. The highest BCUT2D eigenvalue weighted by Crippen LogP contribution is 2.37. The van der Waals surface area contributed by atoms with Crippen LogP contribution in [-0.2, 0) is 0 Å². The first-order chi connectivity index (χ1) is 13.4. The Morgan fingerprint density at radius 2 is 2.04 bits per heavy atom. The molecule has 0 bridgehead atoms. The molecule has 1 N–H and O–H groups in total. The van der Waals surface area contributed by atoms with E-state index in [1.165, 1.54) is 6.33 Å². The maximum Gasteiger partial charge on any atom is 0.353 e. The largest absolute Gasteiger partial charge is 0.495 e. The first-order valence-electron chi connectivity index (χ1n) is 9.23. The number of nitrogens with one attached hydrogen (secondary N) is 1. The van der Waals surface area contributed by atoms with Crippen molar-refractivity contribution in [2.24, 2.45) is 0 Å². The van der Waals surface area contributed by atoms with Gasteiger partial charge in [-0.15, -0.1) is 0 Å². The molecule has 150 valence electrons. The van der Waals surface area contributed by atoms with Gasteiger partial charge in [0.25, 0.3) is 0 Å². The molecular weight excluding hydrogens is 360 g/mol. The van der Waals surface area contributed by atoms with Gasteiger partial charge in [-0.25, -0.2) is 9.97 Å². The van der Waals surface area contributed by atoms with Crippen molar-refractivity contribution in [3.63, 3.8) is 0 Å². The fourth-order valence-electron chi connectivity index (χ4n) is 3.49. The van der Waals surface area contributed by atoms with Gasteiger partial charge in [0.1, 0.15) is 12.1 Å². The third kappa shape index (κ3) is 4.14. The second-order valence-corrected chi connectivity index (χ2v) is 7.13. The number of ether oxygens (including phenoxy) is 1. The molecule has 28 heavy (non-hydrogen) atoms. The van der Waals surface area contributed by atoms with E-state index in [0.717, 1.165) is 31.5 Å². The van der Waals surface area contributed by atoms with Crippen LogP contribution in [0.4, 0.5) is 23.0 Å². The fraction of sp³-hybridized carbons (Fsp3) is 0.474. The molecule has 1 aromatic heterocycles. The van der Waals surface area contributed by atoms with Crippen molar-refractivity contribution >= 4 is 23.0 Å². The summed E-state index contributed by atoms with van der Waals surface area (Å²) in [6, 6.07) is 5.80. The number of aromatic nitrogens is 2. The first kappa shape index (κ1) is 19.8. The molecule has 2 heterocycles. The van der Waals surface area contributed by atoms with Crippen LogP contribution >= 0.6 is 0 Å². The molecule has 9 nitrogen and oxygen atoms in total. The number of piperidine rings is 1. The number of methoxy groups -OCH3 is 1. The second-order valence-electron chi connectivity index (χ2n) is 7.13. The van der Waals surface area contributed by atoms with Crippen LogP contribution in [0.5, 0.6) is 5.75 Å². The molecule has 9 heteroatoms. The molecule has 2 aromatic rings. The Morgan fingerprint density at radius 3 is 2.68 bits per heavy atom. The highest BCUT2D eigenvalue weighted by molar-refractivity contribution is 5.76. The Hall–Kier alpha value is -2.94. The Labute approximate surface area is 164 Å². The number of nitro groups is 1. The minimum atomic E-state index is -0.425. The normalized spacial score (nSPS) is 15.3. The molecule has 1 fully saturated rings. The molecule has 0 radical (unpaired) electrons. The lowest BCUT2D eigenvalue weighted by molar-refractivity contribution is -0.383. The van der Waals surface area contributed by atoms with E-state index in [4.69, 9.17) is 4.74 Å². The summed E-state index contributed by atoms with van der Waals surface area (Å²) in [5.41, 5.74) is 1.49. The van der Waals surface area contributed by atoms with Crippen LogP contribution in [-0.4, -0.2) is 60.1 Å². The van der Waals surface area contributed by atoms with Crippen LogP contribution in [0.15, 0.2) is 24.5 Å². The van der Waals surface area contributed by atoms with Gasteiger partial charge < -0.3 is 19.9 Å². The summed E-state index contributed by atoms with van der Waals surface area (Å²) in [4.78, 5) is 24.0. The number of benzene rings is 1. The van der Waals surface area contributed by atoms with E-state index < -0.39 is 4.92 Å². The molecule has 0 aliphatic carbocycles. The summed E-state index contributed by atoms with van der Waals surface area (Å²) >= 11 is 0. The lowest BCUT2D eigenvalue weighted by Crippen LogP contribution is -2.42. The molecule has 0 spiro atoms. The molecule has 1 saturated heterocycles. The number of likely N-dealkylation sites (tertiary alicyclic amines) is 1. The van der Waals surface area contributed by atoms with Gasteiger partial charge in [-0.1, -0.05) is 6.07 Å². The minimum Gasteiger partial charge on any atom is -0.495 e. The molecule has 1 aliphatic heterocycles. The fourth-order valence-corrected chi connectivity index (χ4v) is 3.49. The van der Waals surface area contributed by atoms with Crippen LogP contribution in [0.1, 0.15) is 18.4 Å². The summed E-state index contributed by atoms with van der Waals surface area (Å²) in [5, 5.41) is 15.0. The molecule has 1 aromatic carbocycles. The average Bonchev–Trinajstić information content (AvgIpc) is 2.68. The second kappa shape index (κ2) is 8.39. The van der Waals surface area contributed by atoms with E-state index in [1.54, 1.807) is 7.11 Å². The summed E-state index contributed by atoms with van der Waals surface area (Å²) in [6.45, 7) is 3.86. The van der Waals surface area contributed by atoms with Gasteiger partial charge in [-0.3, -0.25) is 10.1 Å². The number of anilines is 3. The summed E-state index contributed by atoms with van der Waals surface area (Å²) in [5.74, 6) is 1.06. The lowest BCUT2D eigenvalue weighted by atomic mass is 10.0. The van der Waals surface area contributed by atoms with Gasteiger partial charge in [0, 0.05) is 13.1 Å². The average molecular weight is 386 g/mol. The predicted molar refractivity (Wildman–Crippen MR) is 109 cm³/mol. The third-order valence-corrected chi connectivity index (χ3v) is 5.16. The van der Waals surface area contributed by atoms with E-state index in [9.17, 15) is 10.1 Å². The van der Waals surface area contributed by atoms with Crippen molar-refractivity contribution in [1.29, 1.82) is 0 Å². The number of aryl methyl sites for hydroxylation is 1. The van der Waals surface area contributed by atoms with Crippen LogP contribution in [0.3, 0.4) is 0 Å². The van der Waals surface area contributed by atoms with Crippen LogP contribution in [0.25, 0.3) is 0 Å². The quantitative estimate of drug-likeness (QED) is 0.598. The van der Waals surface area contributed by atoms with Crippen molar-refractivity contribution in [2.75, 3.05) is 44.5 Å². The van der Waals surface area contributed by atoms with E-state index >= 15 is 0 Å². The van der Waals surface area contributed by atoms with E-state index in [0.29, 0.717) is 17.3 Å². The predicted octanol–water partition coefficient (Wildman–Crippen LogP) is 2.98. The van der Waals surface area contributed by atoms with Crippen molar-refractivity contribution in [3.05, 3.63) is 40.2 Å². The van der Waals surface area contributed by atoms with E-state index in [1.807, 2.05) is 37.1 Å². The smallest absolute Gasteiger partial charge is 0.353 e. The topological polar surface area (TPSA) is 96.7 Å². The Morgan fingerprint density at radius 1 is 1.32 bits per heavy atom. The SMILES string of the molecule is COc1ccc(C)cc1Nc1ncnc(N(C)C2CCN(C)CC2)c1[N+](=O)[O-]. The zero-order chi connectivity index (χ0) is 20.3. The molecule has 0 unspecified atom stereocenters. The van der Waals surface area contributed by atoms with Crippen LogP contribution < -0.4 is 15.0 Å². The van der Waals surface area contributed by atoms with E-state index in [-0.39, 0.29) is 17.5 Å². The highest BCUT2D eigenvalue weighted by atomic mass is 16.6. The highest BCUT2D eigenvalue weighted by Gasteiger charge is 2.30. The van der Waals surface area contributed by atoms with Crippen molar-refractivity contribution in [3.8, 4) is 5.75 Å². The lowest BCUT2D eigenvalue weighted by Gasteiger charge is -2.35. The molecule has 3 rings (SSSR count). The molecule has 0 amide bonds. The summed E-state index contributed by atoms with van der Waals surface area (Å²) < 4.78 is 5.36. The maximum atomic E-state index is 11.9. The number of hydrogen-bond donors (Lipinski definition) is 1. The molecule has 1 aliphatic rings. The molecule has 0 atom stereocenters. The molecular formula is C19H26N6O3. The number of hydrogen-bond acceptors (Lipinski definition) is 8. The standard InChI is InChI=1S/C19H26N6O3/c1-13-5-6-16(28-4)15(11-13)22-18-17(25(26)27)19(21-12-20-18)24(3)14-7-9-23(2)10-8-14/h5-6,11-12,14H,7-10H2,1-4H3,(H,20,21,22). The Kier molecular flexibility index (Phi) is 5.93. The zero-order valence-electron chi connectivity index (χ0n) is 16.7. The minimum absolute atomic E-state index is 0.132. The molecule has 0 saturated carbocycles. The van der Waals surface area contributed by atoms with E-state index in [2.05, 4.69) is 27.2 Å². The Balaban J connectivity index is 1.96. The number of nitrogens with zero attached hydrogens (tertiary/aromatic N) is 5. The van der Waals surface area contributed by atoms with Gasteiger partial charge in [0.2, 0.25) is 11.6 Å². The zero-order valence-corrected chi connectivity index (χ0v) is 16.7. The van der Waals surface area contributed by atoms with Gasteiger partial charge in [0.05, 0.1) is 17.7 Å². The van der Waals surface area contributed by atoms with Gasteiger partial charge in [-0.2, -0.15) is 0 Å². The van der Waals surface area contributed by atoms with Gasteiger partial charge >= 0.3 is 5.69 Å². The van der Waals surface area contributed by atoms with Crippen LogP contribution in [0.2, 0.25) is 0 Å². The number of rotatable bonds is 6. The monoisotopic (exact) mass is 386 g/mol. The van der Waals surface area contributed by atoms with Crippen molar-refractivity contribution in [1.82, 2.24) is 14.9 Å².